The summed E-state index contributed by atoms with van der Waals surface area (Å²) in [7, 11) is 1.45. The van der Waals surface area contributed by atoms with Crippen LogP contribution in [0.2, 0.25) is 0 Å². The van der Waals surface area contributed by atoms with Crippen LogP contribution in [0.1, 0.15) is 19.0 Å². The van der Waals surface area contributed by atoms with Crippen LogP contribution in [0.5, 0.6) is 0 Å². The molecule has 0 aliphatic carbocycles. The molecule has 0 fully saturated rings. The Morgan fingerprint density at radius 3 is 2.61 bits per heavy atom. The maximum Gasteiger partial charge on any atom is 0.326 e. The molecule has 0 aromatic carbocycles. The van der Waals surface area contributed by atoms with Crippen LogP contribution in [0, 0.1) is 6.92 Å². The van der Waals surface area contributed by atoms with Crippen molar-refractivity contribution in [1.29, 1.82) is 0 Å². The van der Waals surface area contributed by atoms with Crippen LogP contribution >= 0.6 is 11.3 Å². The zero-order valence-corrected chi connectivity index (χ0v) is 11.4. The monoisotopic (exact) mass is 272 g/mol. The number of hydrogen-bond donors (Lipinski definition) is 1. The quantitative estimate of drug-likeness (QED) is 0.848. The minimum Gasteiger partial charge on any atom is -0.480 e. The van der Waals surface area contributed by atoms with Gasteiger partial charge in [0, 0.05) is 31.1 Å². The molecule has 1 unspecified atom stereocenters. The summed E-state index contributed by atoms with van der Waals surface area (Å²) in [5, 5.41) is 10.5. The van der Waals surface area contributed by atoms with Crippen LogP contribution in [-0.2, 0) is 16.1 Å². The molecule has 0 spiro atoms. The van der Waals surface area contributed by atoms with Gasteiger partial charge in [-0.15, -0.1) is 0 Å². The lowest BCUT2D eigenvalue weighted by molar-refractivity contribution is -0.148. The predicted octanol–water partition coefficient (Wildman–Crippen LogP) is 0.540. The first-order valence-electron chi connectivity index (χ1n) is 5.48. The van der Waals surface area contributed by atoms with E-state index in [0.717, 1.165) is 17.0 Å². The number of amides is 1. The largest absolute Gasteiger partial charge is 0.480 e. The third-order valence-corrected chi connectivity index (χ3v) is 3.74. The van der Waals surface area contributed by atoms with Gasteiger partial charge in [0.2, 0.25) is 5.91 Å². The van der Waals surface area contributed by atoms with Crippen LogP contribution < -0.4 is 4.87 Å². The highest BCUT2D eigenvalue weighted by Crippen LogP contribution is 2.04. The molecule has 6 nitrogen and oxygen atoms in total. The molecule has 0 bridgehead atoms. The molecule has 0 aliphatic heterocycles. The van der Waals surface area contributed by atoms with E-state index in [9.17, 15) is 14.4 Å². The zero-order valence-electron chi connectivity index (χ0n) is 10.5. The highest BCUT2D eigenvalue weighted by atomic mass is 32.1. The molecule has 7 heteroatoms. The topological polar surface area (TPSA) is 79.6 Å². The number of aromatic nitrogens is 1. The normalized spacial score (nSPS) is 12.2. The van der Waals surface area contributed by atoms with E-state index < -0.39 is 12.0 Å². The standard InChI is InChI=1S/C11H16N2O4S/c1-7-6-18-11(17)13(7)5-4-9(14)12(3)8(2)10(15)16/h6,8H,4-5H2,1-3H3,(H,15,16). The first-order chi connectivity index (χ1) is 8.34. The highest BCUT2D eigenvalue weighted by molar-refractivity contribution is 7.07. The Morgan fingerprint density at radius 2 is 2.17 bits per heavy atom. The van der Waals surface area contributed by atoms with E-state index in [-0.39, 0.29) is 23.7 Å². The van der Waals surface area contributed by atoms with Gasteiger partial charge in [-0.05, 0) is 13.8 Å². The average Bonchev–Trinajstić information content (AvgIpc) is 2.64. The van der Waals surface area contributed by atoms with Gasteiger partial charge in [-0.2, -0.15) is 0 Å². The fourth-order valence-corrected chi connectivity index (χ4v) is 2.20. The van der Waals surface area contributed by atoms with E-state index in [1.807, 2.05) is 0 Å². The van der Waals surface area contributed by atoms with Crippen molar-refractivity contribution in [2.24, 2.45) is 0 Å². The van der Waals surface area contributed by atoms with Crippen molar-refractivity contribution in [3.63, 3.8) is 0 Å². The smallest absolute Gasteiger partial charge is 0.326 e. The Balaban J connectivity index is 2.62. The number of aliphatic carboxylic acids is 1. The summed E-state index contributed by atoms with van der Waals surface area (Å²) < 4.78 is 1.52. The molecule has 1 aromatic heterocycles. The van der Waals surface area contributed by atoms with E-state index >= 15 is 0 Å². The van der Waals surface area contributed by atoms with E-state index in [1.165, 1.54) is 23.4 Å². The summed E-state index contributed by atoms with van der Waals surface area (Å²) in [6.45, 7) is 3.53. The second kappa shape index (κ2) is 5.81. The number of carboxylic acid groups (broad SMARTS) is 1. The van der Waals surface area contributed by atoms with Gasteiger partial charge >= 0.3 is 10.8 Å². The molecule has 1 aromatic rings. The van der Waals surface area contributed by atoms with E-state index in [2.05, 4.69) is 0 Å². The van der Waals surface area contributed by atoms with Crippen molar-refractivity contribution in [1.82, 2.24) is 9.47 Å². The van der Waals surface area contributed by atoms with Gasteiger partial charge in [0.15, 0.2) is 0 Å². The first-order valence-corrected chi connectivity index (χ1v) is 6.36. The molecule has 100 valence electrons. The maximum absolute atomic E-state index is 11.8. The van der Waals surface area contributed by atoms with Crippen LogP contribution in [0.4, 0.5) is 0 Å². The highest BCUT2D eigenvalue weighted by Gasteiger charge is 2.21. The Morgan fingerprint density at radius 1 is 1.56 bits per heavy atom. The Hall–Kier alpha value is -1.63. The summed E-state index contributed by atoms with van der Waals surface area (Å²) in [5.41, 5.74) is 0.812. The molecule has 1 N–H and O–H groups in total. The zero-order chi connectivity index (χ0) is 13.9. The number of carbonyl (C=O) groups excluding carboxylic acids is 1. The molecule has 0 aliphatic rings. The number of rotatable bonds is 5. The number of hydrogen-bond acceptors (Lipinski definition) is 4. The van der Waals surface area contributed by atoms with Gasteiger partial charge in [-0.1, -0.05) is 11.3 Å². The predicted molar refractivity (Wildman–Crippen MR) is 67.8 cm³/mol. The summed E-state index contributed by atoms with van der Waals surface area (Å²) in [4.78, 5) is 35.0. The van der Waals surface area contributed by atoms with Crippen molar-refractivity contribution in [2.45, 2.75) is 32.9 Å². The summed E-state index contributed by atoms with van der Waals surface area (Å²) in [6.07, 6.45) is 0.117. The number of carbonyl (C=O) groups is 2. The molecule has 0 saturated heterocycles. The third kappa shape index (κ3) is 3.19. The molecular weight excluding hydrogens is 256 g/mol. The van der Waals surface area contributed by atoms with Gasteiger partial charge in [-0.25, -0.2) is 4.79 Å². The summed E-state index contributed by atoms with van der Waals surface area (Å²) in [6, 6.07) is -0.863. The first kappa shape index (κ1) is 14.4. The molecule has 1 heterocycles. The molecule has 18 heavy (non-hydrogen) atoms. The van der Waals surface area contributed by atoms with Crippen molar-refractivity contribution >= 4 is 23.2 Å². The SMILES string of the molecule is Cc1csc(=O)n1CCC(=O)N(C)C(C)C(=O)O. The lowest BCUT2D eigenvalue weighted by Gasteiger charge is -2.21. The lowest BCUT2D eigenvalue weighted by atomic mass is 10.2. The van der Waals surface area contributed by atoms with Gasteiger partial charge in [0.05, 0.1) is 0 Å². The van der Waals surface area contributed by atoms with E-state index in [4.69, 9.17) is 5.11 Å². The summed E-state index contributed by atoms with van der Waals surface area (Å²) >= 11 is 1.09. The van der Waals surface area contributed by atoms with Crippen LogP contribution in [0.15, 0.2) is 10.2 Å². The van der Waals surface area contributed by atoms with E-state index in [0.29, 0.717) is 0 Å². The van der Waals surface area contributed by atoms with Crippen molar-refractivity contribution in [2.75, 3.05) is 7.05 Å². The van der Waals surface area contributed by atoms with Crippen LogP contribution in [0.25, 0.3) is 0 Å². The van der Waals surface area contributed by atoms with E-state index in [1.54, 1.807) is 12.3 Å². The Bertz CT molecular complexity index is 505. The molecule has 0 radical (unpaired) electrons. The molecule has 1 amide bonds. The molecular formula is C11H16N2O4S. The minimum atomic E-state index is -1.05. The molecule has 0 saturated carbocycles. The maximum atomic E-state index is 11.8. The number of thiazole rings is 1. The number of likely N-dealkylation sites (N-methyl/N-ethyl adjacent to an activating group) is 1. The fraction of sp³-hybridized carbons (Fsp3) is 0.545. The van der Waals surface area contributed by atoms with Gasteiger partial charge in [0.1, 0.15) is 6.04 Å². The number of carboxylic acids is 1. The van der Waals surface area contributed by atoms with Gasteiger partial charge < -0.3 is 14.6 Å². The van der Waals surface area contributed by atoms with Crippen LogP contribution in [0.3, 0.4) is 0 Å². The van der Waals surface area contributed by atoms with Crippen LogP contribution in [-0.4, -0.2) is 39.5 Å². The second-order valence-corrected chi connectivity index (χ2v) is 4.88. The van der Waals surface area contributed by atoms with Gasteiger partial charge in [0.25, 0.3) is 0 Å². The second-order valence-electron chi connectivity index (χ2n) is 4.06. The Labute approximate surface area is 108 Å². The van der Waals surface area contributed by atoms with Crippen molar-refractivity contribution in [3.05, 3.63) is 20.7 Å². The average molecular weight is 272 g/mol. The molecule has 1 atom stereocenters. The summed E-state index contributed by atoms with van der Waals surface area (Å²) in [5.74, 6) is -1.34. The fourth-order valence-electron chi connectivity index (χ4n) is 1.44. The minimum absolute atomic E-state index is 0.103. The molecule has 1 rings (SSSR count). The Kier molecular flexibility index (Phi) is 4.66. The third-order valence-electron chi connectivity index (χ3n) is 2.86. The van der Waals surface area contributed by atoms with Crippen molar-refractivity contribution < 1.29 is 14.7 Å². The van der Waals surface area contributed by atoms with Crippen molar-refractivity contribution in [3.8, 4) is 0 Å². The number of nitrogens with zero attached hydrogens (tertiary/aromatic N) is 2. The van der Waals surface area contributed by atoms with Gasteiger partial charge in [-0.3, -0.25) is 9.59 Å². The number of aryl methyl sites for hydroxylation is 1. The lowest BCUT2D eigenvalue weighted by Crippen LogP contribution is -2.40.